The van der Waals surface area contributed by atoms with E-state index in [-0.39, 0.29) is 25.6 Å². The molecule has 0 saturated heterocycles. The smallest absolute Gasteiger partial charge is 0.208 e. The van der Waals surface area contributed by atoms with E-state index in [1.807, 2.05) is 0 Å². The van der Waals surface area contributed by atoms with Crippen LogP contribution in [-0.2, 0) is 16.4 Å². The van der Waals surface area contributed by atoms with Gasteiger partial charge in [0.1, 0.15) is 18.2 Å². The van der Waals surface area contributed by atoms with E-state index in [1.54, 1.807) is 12.1 Å². The third kappa shape index (κ3) is 3.78. The topological polar surface area (TPSA) is 75.6 Å². The van der Waals surface area contributed by atoms with Crippen molar-refractivity contribution in [3.05, 3.63) is 34.6 Å². The van der Waals surface area contributed by atoms with E-state index in [1.165, 1.54) is 6.07 Å². The molecular formula is C13H16FNO4S. The maximum Gasteiger partial charge on any atom is 0.208 e. The highest BCUT2D eigenvalue weighted by atomic mass is 32.2. The molecule has 0 atom stereocenters. The minimum atomic E-state index is -3.25. The number of ether oxygens (including phenoxy) is 1. The van der Waals surface area contributed by atoms with Gasteiger partial charge in [-0.3, -0.25) is 0 Å². The van der Waals surface area contributed by atoms with Crippen LogP contribution >= 0.6 is 0 Å². The Hall–Kier alpha value is -1.44. The molecule has 0 amide bonds. The first-order valence-corrected chi connectivity index (χ1v) is 7.98. The van der Waals surface area contributed by atoms with Crippen molar-refractivity contribution in [3.8, 4) is 5.75 Å². The molecule has 0 aromatic heterocycles. The van der Waals surface area contributed by atoms with Gasteiger partial charge in [-0.15, -0.1) is 0 Å². The second kappa shape index (κ2) is 5.90. The summed E-state index contributed by atoms with van der Waals surface area (Å²) < 4.78 is 43.2. The molecule has 0 aliphatic heterocycles. The van der Waals surface area contributed by atoms with Gasteiger partial charge >= 0.3 is 0 Å². The van der Waals surface area contributed by atoms with Crippen LogP contribution in [0, 0.1) is 5.82 Å². The number of hydrogen-bond donors (Lipinski definition) is 2. The molecule has 1 aliphatic rings. The van der Waals surface area contributed by atoms with Crippen molar-refractivity contribution in [2.45, 2.75) is 6.42 Å². The summed E-state index contributed by atoms with van der Waals surface area (Å²) in [4.78, 5) is 0. The molecule has 1 aromatic rings. The van der Waals surface area contributed by atoms with E-state index in [4.69, 9.17) is 9.84 Å². The summed E-state index contributed by atoms with van der Waals surface area (Å²) in [5.74, 6) is -0.0414. The average Bonchev–Trinajstić information content (AvgIpc) is 2.77. The molecule has 2 N–H and O–H groups in total. The van der Waals surface area contributed by atoms with Crippen LogP contribution in [0.4, 0.5) is 4.39 Å². The van der Waals surface area contributed by atoms with Gasteiger partial charge in [0.25, 0.3) is 0 Å². The molecule has 1 aromatic carbocycles. The van der Waals surface area contributed by atoms with Crippen LogP contribution in [-0.4, -0.2) is 39.5 Å². The zero-order valence-corrected chi connectivity index (χ0v) is 11.8. The Morgan fingerprint density at radius 1 is 1.45 bits per heavy atom. The summed E-state index contributed by atoms with van der Waals surface area (Å²) in [5, 5.41) is 9.06. The Bertz CT molecular complexity index is 640. The van der Waals surface area contributed by atoms with Crippen LogP contribution in [0.3, 0.4) is 0 Å². The number of nitrogens with one attached hydrogen (secondary N) is 1. The predicted octanol–water partition coefficient (Wildman–Crippen LogP) is 0.686. The highest BCUT2D eigenvalue weighted by Gasteiger charge is 2.17. The summed E-state index contributed by atoms with van der Waals surface area (Å²) >= 11 is 0. The third-order valence-corrected chi connectivity index (χ3v) is 3.63. The van der Waals surface area contributed by atoms with Gasteiger partial charge in [0.2, 0.25) is 10.0 Å². The normalized spacial score (nSPS) is 14.1. The Labute approximate surface area is 117 Å². The number of aliphatic hydroxyl groups is 1. The maximum absolute atomic E-state index is 13.9. The molecule has 0 fully saturated rings. The van der Waals surface area contributed by atoms with E-state index in [9.17, 15) is 12.8 Å². The molecule has 0 heterocycles. The molecule has 7 heteroatoms. The molecule has 0 bridgehead atoms. The summed E-state index contributed by atoms with van der Waals surface area (Å²) in [5.41, 5.74) is 2.01. The minimum absolute atomic E-state index is 0.0947. The molecular weight excluding hydrogens is 285 g/mol. The first kappa shape index (κ1) is 15.0. The summed E-state index contributed by atoms with van der Waals surface area (Å²) in [6.45, 7) is 0.139. The highest BCUT2D eigenvalue weighted by Crippen LogP contribution is 2.30. The lowest BCUT2D eigenvalue weighted by Gasteiger charge is -2.09. The van der Waals surface area contributed by atoms with Crippen LogP contribution < -0.4 is 9.46 Å². The van der Waals surface area contributed by atoms with Crippen molar-refractivity contribution >= 4 is 16.1 Å². The van der Waals surface area contributed by atoms with Crippen LogP contribution in [0.1, 0.15) is 11.1 Å². The largest absolute Gasteiger partial charge is 0.492 e. The molecule has 20 heavy (non-hydrogen) atoms. The molecule has 0 saturated carbocycles. The fourth-order valence-electron chi connectivity index (χ4n) is 2.03. The molecule has 0 radical (unpaired) electrons. The zero-order valence-electron chi connectivity index (χ0n) is 11.0. The van der Waals surface area contributed by atoms with Crippen molar-refractivity contribution in [1.82, 2.24) is 4.72 Å². The standard InChI is InChI=1S/C13H16FNO4S/c1-20(17,18)15-2-3-19-11-6-10-4-9(8-16)5-12(10)13(14)7-11/h4,6-7,15-16H,2-3,5,8H2,1H3. The second-order valence-corrected chi connectivity index (χ2v) is 6.46. The Balaban J connectivity index is 2.00. The maximum atomic E-state index is 13.9. The van der Waals surface area contributed by atoms with Gasteiger partial charge in [-0.05, 0) is 29.2 Å². The number of halogens is 1. The van der Waals surface area contributed by atoms with Gasteiger partial charge < -0.3 is 9.84 Å². The first-order chi connectivity index (χ1) is 9.39. The molecule has 1 aliphatic carbocycles. The lowest BCUT2D eigenvalue weighted by atomic mass is 10.1. The lowest BCUT2D eigenvalue weighted by Crippen LogP contribution is -2.26. The van der Waals surface area contributed by atoms with E-state index in [2.05, 4.69) is 4.72 Å². The SMILES string of the molecule is CS(=O)(=O)NCCOc1cc(F)c2c(c1)C=C(CO)C2. The summed E-state index contributed by atoms with van der Waals surface area (Å²) in [7, 11) is -3.25. The van der Waals surface area contributed by atoms with Crippen LogP contribution in [0.5, 0.6) is 5.75 Å². The number of fused-ring (bicyclic) bond motifs is 1. The third-order valence-electron chi connectivity index (χ3n) is 2.91. The van der Waals surface area contributed by atoms with Gasteiger partial charge in [0.15, 0.2) is 0 Å². The van der Waals surface area contributed by atoms with Crippen molar-refractivity contribution in [1.29, 1.82) is 0 Å². The summed E-state index contributed by atoms with van der Waals surface area (Å²) in [6.07, 6.45) is 3.21. The van der Waals surface area contributed by atoms with Crippen LogP contribution in [0.25, 0.3) is 6.08 Å². The minimum Gasteiger partial charge on any atom is -0.492 e. The van der Waals surface area contributed by atoms with E-state index in [0.29, 0.717) is 23.3 Å². The fraction of sp³-hybridized carbons (Fsp3) is 0.385. The Morgan fingerprint density at radius 2 is 2.20 bits per heavy atom. The van der Waals surface area contributed by atoms with Crippen molar-refractivity contribution < 1.29 is 22.7 Å². The van der Waals surface area contributed by atoms with E-state index >= 15 is 0 Å². The monoisotopic (exact) mass is 301 g/mol. The van der Waals surface area contributed by atoms with E-state index < -0.39 is 10.0 Å². The van der Waals surface area contributed by atoms with Gasteiger partial charge in [0, 0.05) is 12.6 Å². The Kier molecular flexibility index (Phi) is 4.42. The number of hydrogen-bond acceptors (Lipinski definition) is 4. The van der Waals surface area contributed by atoms with E-state index in [0.717, 1.165) is 11.8 Å². The Morgan fingerprint density at radius 3 is 2.85 bits per heavy atom. The second-order valence-electron chi connectivity index (χ2n) is 4.63. The van der Waals surface area contributed by atoms with Crippen molar-refractivity contribution in [2.75, 3.05) is 26.0 Å². The fourth-order valence-corrected chi connectivity index (χ4v) is 2.48. The van der Waals surface area contributed by atoms with Crippen LogP contribution in [0.15, 0.2) is 17.7 Å². The van der Waals surface area contributed by atoms with Crippen LogP contribution in [0.2, 0.25) is 0 Å². The highest BCUT2D eigenvalue weighted by molar-refractivity contribution is 7.88. The van der Waals surface area contributed by atoms with Gasteiger partial charge in [0.05, 0.1) is 12.9 Å². The number of benzene rings is 1. The molecule has 110 valence electrons. The van der Waals surface area contributed by atoms with Crippen molar-refractivity contribution in [3.63, 3.8) is 0 Å². The lowest BCUT2D eigenvalue weighted by molar-refractivity contribution is 0.321. The number of aliphatic hydroxyl groups excluding tert-OH is 1. The molecule has 0 spiro atoms. The quantitative estimate of drug-likeness (QED) is 0.758. The molecule has 2 rings (SSSR count). The number of sulfonamides is 1. The molecule has 0 unspecified atom stereocenters. The first-order valence-electron chi connectivity index (χ1n) is 6.09. The average molecular weight is 301 g/mol. The van der Waals surface area contributed by atoms with Gasteiger partial charge in [-0.25, -0.2) is 17.5 Å². The number of rotatable bonds is 6. The predicted molar refractivity (Wildman–Crippen MR) is 73.5 cm³/mol. The molecule has 5 nitrogen and oxygen atoms in total. The summed E-state index contributed by atoms with van der Waals surface area (Å²) in [6, 6.07) is 2.95. The van der Waals surface area contributed by atoms with Gasteiger partial charge in [-0.2, -0.15) is 0 Å². The zero-order chi connectivity index (χ0) is 14.8. The van der Waals surface area contributed by atoms with Gasteiger partial charge in [-0.1, -0.05) is 6.08 Å². The van der Waals surface area contributed by atoms with Crippen molar-refractivity contribution in [2.24, 2.45) is 0 Å².